The fourth-order valence-electron chi connectivity index (χ4n) is 10.5. The summed E-state index contributed by atoms with van der Waals surface area (Å²) in [5.74, 6) is 1.49. The zero-order valence-corrected chi connectivity index (χ0v) is 40.4. The highest BCUT2D eigenvalue weighted by molar-refractivity contribution is 6.13. The van der Waals surface area contributed by atoms with Crippen LogP contribution in [0.5, 0.6) is 0 Å². The molecule has 0 saturated carbocycles. The molecule has 3 heterocycles. The average molecular weight is 968 g/mol. The minimum absolute atomic E-state index is 0.373. The van der Waals surface area contributed by atoms with Crippen molar-refractivity contribution in [3.63, 3.8) is 0 Å². The number of hydrogen-bond acceptors (Lipinski definition) is 4. The van der Waals surface area contributed by atoms with Gasteiger partial charge >= 0.3 is 0 Å². The van der Waals surface area contributed by atoms with Crippen LogP contribution >= 0.6 is 0 Å². The highest BCUT2D eigenvalue weighted by Crippen LogP contribution is 2.44. The lowest BCUT2D eigenvalue weighted by Gasteiger charge is -2.17. The van der Waals surface area contributed by atoms with Crippen molar-refractivity contribution < 1.29 is 0 Å². The van der Waals surface area contributed by atoms with E-state index >= 15 is 0 Å². The molecule has 0 atom stereocenters. The number of benzene rings is 10. The molecule has 0 fully saturated rings. The summed E-state index contributed by atoms with van der Waals surface area (Å²) >= 11 is 0. The molecule has 13 rings (SSSR count). The molecule has 0 aliphatic heterocycles. The zero-order valence-electron chi connectivity index (χ0n) is 40.4. The smallest absolute Gasteiger partial charge is 0.196 e. The Bertz CT molecular complexity index is 4490. The first-order valence-corrected chi connectivity index (χ1v) is 24.5. The average Bonchev–Trinajstić information content (AvgIpc) is 4.04. The molecule has 0 unspecified atom stereocenters. The lowest BCUT2D eigenvalue weighted by Crippen LogP contribution is -2.04. The molecule has 0 amide bonds. The molecule has 10 aromatic carbocycles. The standard InChI is InChI=1S/C67H37N9/c1-69-49-28-33-52(59(40-49)71-3)48-26-32-56-55-31-25-47(51-29-23-42(41-68)35-58(51)70-2)38-63(55)76(64(56)39-48)61-34-27-45(46-24-30-54-53-21-13-14-22-60(53)75(62(54)37-46)50-19-11-6-12-20-50)36-57(61)67-73-65(43-15-7-4-8-16-43)72-66(74-67)44-17-9-5-10-18-44/h4-40H. The van der Waals surface area contributed by atoms with Gasteiger partial charge in [0.25, 0.3) is 0 Å². The summed E-state index contributed by atoms with van der Waals surface area (Å²) in [7, 11) is 0. The van der Waals surface area contributed by atoms with E-state index in [4.69, 9.17) is 34.7 Å². The molecule has 0 spiro atoms. The Kier molecular flexibility index (Phi) is 10.8. The van der Waals surface area contributed by atoms with E-state index in [-0.39, 0.29) is 0 Å². The fraction of sp³-hybridized carbons (Fsp3) is 0. The van der Waals surface area contributed by atoms with Gasteiger partial charge in [0.1, 0.15) is 0 Å². The highest BCUT2D eigenvalue weighted by Gasteiger charge is 2.23. The summed E-state index contributed by atoms with van der Waals surface area (Å²) in [5, 5.41) is 14.0. The summed E-state index contributed by atoms with van der Waals surface area (Å²) in [4.78, 5) is 27.2. The normalized spacial score (nSPS) is 11.1. The third kappa shape index (κ3) is 7.58. The van der Waals surface area contributed by atoms with Crippen molar-refractivity contribution in [1.82, 2.24) is 24.1 Å². The third-order valence-corrected chi connectivity index (χ3v) is 14.1. The van der Waals surface area contributed by atoms with Gasteiger partial charge in [-0.25, -0.2) is 29.5 Å². The Hall–Kier alpha value is -11.2. The molecule has 9 nitrogen and oxygen atoms in total. The van der Waals surface area contributed by atoms with Gasteiger partial charge in [0.2, 0.25) is 0 Å². The van der Waals surface area contributed by atoms with Crippen molar-refractivity contribution in [3.05, 3.63) is 264 Å². The second kappa shape index (κ2) is 18.4. The van der Waals surface area contributed by atoms with E-state index in [9.17, 15) is 5.26 Å². The Morgan fingerprint density at radius 3 is 1.45 bits per heavy atom. The van der Waals surface area contributed by atoms with Gasteiger partial charge in [-0.15, -0.1) is 0 Å². The Morgan fingerprint density at radius 2 is 0.842 bits per heavy atom. The van der Waals surface area contributed by atoms with Gasteiger partial charge in [0, 0.05) is 49.5 Å². The van der Waals surface area contributed by atoms with E-state index < -0.39 is 0 Å². The molecular weight excluding hydrogens is 931 g/mol. The van der Waals surface area contributed by atoms with Gasteiger partial charge in [-0.05, 0) is 94.0 Å². The summed E-state index contributed by atoms with van der Waals surface area (Å²) in [6.45, 7) is 24.0. The number of rotatable bonds is 8. The molecule has 9 heteroatoms. The largest absolute Gasteiger partial charge is 0.309 e. The Labute approximate surface area is 437 Å². The van der Waals surface area contributed by atoms with E-state index in [1.165, 1.54) is 0 Å². The molecule has 0 bridgehead atoms. The van der Waals surface area contributed by atoms with Crippen LogP contribution in [0, 0.1) is 31.0 Å². The van der Waals surface area contributed by atoms with Crippen molar-refractivity contribution in [1.29, 1.82) is 5.26 Å². The van der Waals surface area contributed by atoms with Crippen LogP contribution in [0.25, 0.3) is 137 Å². The maximum Gasteiger partial charge on any atom is 0.196 e. The van der Waals surface area contributed by atoms with Crippen LogP contribution < -0.4 is 0 Å². The molecule has 350 valence electrons. The highest BCUT2D eigenvalue weighted by atomic mass is 15.1. The second-order valence-electron chi connectivity index (χ2n) is 18.4. The molecule has 76 heavy (non-hydrogen) atoms. The van der Waals surface area contributed by atoms with Gasteiger partial charge in [-0.3, -0.25) is 0 Å². The monoisotopic (exact) mass is 967 g/mol. The van der Waals surface area contributed by atoms with Crippen LogP contribution in [0.15, 0.2) is 224 Å². The molecule has 0 radical (unpaired) electrons. The first-order chi connectivity index (χ1) is 37.5. The molecule has 0 N–H and O–H groups in total. The quantitative estimate of drug-likeness (QED) is 0.142. The molecule has 0 aliphatic carbocycles. The van der Waals surface area contributed by atoms with Crippen LogP contribution in [-0.2, 0) is 0 Å². The van der Waals surface area contributed by atoms with Crippen LogP contribution in [-0.4, -0.2) is 24.1 Å². The van der Waals surface area contributed by atoms with Gasteiger partial charge < -0.3 is 9.13 Å². The van der Waals surface area contributed by atoms with Gasteiger partial charge in [-0.2, -0.15) is 5.26 Å². The number of nitrogens with zero attached hydrogens (tertiary/aromatic N) is 9. The van der Waals surface area contributed by atoms with E-state index in [0.29, 0.717) is 51.2 Å². The topological polar surface area (TPSA) is 85.4 Å². The van der Waals surface area contributed by atoms with Gasteiger partial charge in [0.05, 0.1) is 53.5 Å². The maximum atomic E-state index is 9.78. The number of fused-ring (bicyclic) bond motifs is 6. The van der Waals surface area contributed by atoms with E-state index in [1.54, 1.807) is 24.3 Å². The second-order valence-corrected chi connectivity index (χ2v) is 18.4. The summed E-state index contributed by atoms with van der Waals surface area (Å²) < 4.78 is 4.55. The molecule has 3 aromatic heterocycles. The maximum absolute atomic E-state index is 9.78. The summed E-state index contributed by atoms with van der Waals surface area (Å²) in [5.41, 5.74) is 14.6. The molecular formula is C67H37N9. The Morgan fingerprint density at radius 1 is 0.355 bits per heavy atom. The minimum atomic E-state index is 0.373. The number of nitriles is 1. The lowest BCUT2D eigenvalue weighted by molar-refractivity contribution is 1.06. The van der Waals surface area contributed by atoms with Crippen molar-refractivity contribution in [2.45, 2.75) is 0 Å². The van der Waals surface area contributed by atoms with Crippen molar-refractivity contribution in [3.8, 4) is 85.0 Å². The minimum Gasteiger partial charge on any atom is -0.309 e. The van der Waals surface area contributed by atoms with Gasteiger partial charge in [0.15, 0.2) is 34.5 Å². The predicted octanol–water partition coefficient (Wildman–Crippen LogP) is 17.6. The third-order valence-electron chi connectivity index (χ3n) is 14.1. The van der Waals surface area contributed by atoms with Crippen molar-refractivity contribution in [2.24, 2.45) is 0 Å². The van der Waals surface area contributed by atoms with E-state index in [2.05, 4.69) is 139 Å². The van der Waals surface area contributed by atoms with Crippen LogP contribution in [0.4, 0.5) is 17.1 Å². The van der Waals surface area contributed by atoms with E-state index in [0.717, 1.165) is 93.9 Å². The number of hydrogen-bond donors (Lipinski definition) is 0. The summed E-state index contributed by atoms with van der Waals surface area (Å²) in [6, 6.07) is 77.0. The summed E-state index contributed by atoms with van der Waals surface area (Å²) in [6.07, 6.45) is 0. The molecule has 0 saturated heterocycles. The fourth-order valence-corrected chi connectivity index (χ4v) is 10.5. The molecule has 13 aromatic rings. The number of para-hydroxylation sites is 2. The van der Waals surface area contributed by atoms with Gasteiger partial charge in [-0.1, -0.05) is 164 Å². The SMILES string of the molecule is [C-]#[N+]c1ccc(-c2ccc3c4ccc(-c5ccc(C#N)cc5[N+]#[C-])cc4n(-c4ccc(-c5ccc6c7ccccc7n(-c7ccccc7)c6c5)cc4-c4nc(-c5ccccc5)nc(-c5ccccc5)n4)c3c2)c([N+]#[C-])c1. The van der Waals surface area contributed by atoms with Crippen LogP contribution in [0.3, 0.4) is 0 Å². The Balaban J connectivity index is 1.13. The first-order valence-electron chi connectivity index (χ1n) is 24.5. The van der Waals surface area contributed by atoms with E-state index in [1.807, 2.05) is 91.0 Å². The van der Waals surface area contributed by atoms with Crippen LogP contribution in [0.1, 0.15) is 5.56 Å². The predicted molar refractivity (Wildman–Crippen MR) is 305 cm³/mol. The number of aromatic nitrogens is 5. The van der Waals surface area contributed by atoms with Crippen molar-refractivity contribution in [2.75, 3.05) is 0 Å². The van der Waals surface area contributed by atoms with Crippen LogP contribution in [0.2, 0.25) is 0 Å². The molecule has 0 aliphatic rings. The lowest BCUT2D eigenvalue weighted by atomic mass is 9.99. The van der Waals surface area contributed by atoms with Crippen molar-refractivity contribution >= 4 is 60.7 Å². The zero-order chi connectivity index (χ0) is 51.3. The first kappa shape index (κ1) is 44.7.